The molecule has 0 saturated carbocycles. The predicted molar refractivity (Wildman–Crippen MR) is 66.0 cm³/mol. The summed E-state index contributed by atoms with van der Waals surface area (Å²) in [6.45, 7) is 5.75. The van der Waals surface area contributed by atoms with Crippen LogP contribution in [0.2, 0.25) is 0 Å². The summed E-state index contributed by atoms with van der Waals surface area (Å²) >= 11 is 0. The number of hydrogen-bond acceptors (Lipinski definition) is 4. The normalized spacial score (nSPS) is 13.5. The maximum Gasteiger partial charge on any atom is 0.303 e. The van der Waals surface area contributed by atoms with Gasteiger partial charge in [0.2, 0.25) is 0 Å². The summed E-state index contributed by atoms with van der Waals surface area (Å²) < 4.78 is 4.95. The van der Waals surface area contributed by atoms with E-state index in [1.165, 1.54) is 0 Å². The van der Waals surface area contributed by atoms with Crippen molar-refractivity contribution in [1.29, 1.82) is 0 Å². The number of carboxylic acid groups (broad SMARTS) is 1. The second-order valence-electron chi connectivity index (χ2n) is 4.03. The molecule has 0 aromatic heterocycles. The largest absolute Gasteiger partial charge is 0.481 e. The fourth-order valence-electron chi connectivity index (χ4n) is 0.882. The van der Waals surface area contributed by atoms with Gasteiger partial charge in [-0.05, 0) is 20.3 Å². The lowest BCUT2D eigenvalue weighted by atomic mass is 10.2. The molecule has 0 amide bonds. The Bertz CT molecular complexity index is 170. The molecule has 2 unspecified atom stereocenters. The Kier molecular flexibility index (Phi) is 14.8. The SMILES string of the molecule is CC(O)COC(C)CO.CCCCCC(=O)O. The van der Waals surface area contributed by atoms with Gasteiger partial charge in [0, 0.05) is 6.42 Å². The van der Waals surface area contributed by atoms with E-state index >= 15 is 0 Å². The van der Waals surface area contributed by atoms with Gasteiger partial charge in [0.25, 0.3) is 0 Å². The number of aliphatic hydroxyl groups is 2. The van der Waals surface area contributed by atoms with E-state index in [4.69, 9.17) is 20.1 Å². The fraction of sp³-hybridized carbons (Fsp3) is 0.917. The molecule has 0 rings (SSSR count). The van der Waals surface area contributed by atoms with Gasteiger partial charge in [0.05, 0.1) is 25.4 Å². The molecule has 5 heteroatoms. The van der Waals surface area contributed by atoms with Crippen LogP contribution >= 0.6 is 0 Å². The zero-order valence-corrected chi connectivity index (χ0v) is 11.1. The van der Waals surface area contributed by atoms with Crippen LogP contribution in [0.15, 0.2) is 0 Å². The number of unbranched alkanes of at least 4 members (excludes halogenated alkanes) is 2. The molecule has 0 aliphatic heterocycles. The minimum absolute atomic E-state index is 0.00667. The van der Waals surface area contributed by atoms with Crippen molar-refractivity contribution in [2.75, 3.05) is 13.2 Å². The Balaban J connectivity index is 0. The van der Waals surface area contributed by atoms with E-state index in [1.54, 1.807) is 13.8 Å². The van der Waals surface area contributed by atoms with Crippen molar-refractivity contribution < 1.29 is 24.9 Å². The quantitative estimate of drug-likeness (QED) is 0.567. The number of aliphatic hydroxyl groups excluding tert-OH is 2. The van der Waals surface area contributed by atoms with Crippen molar-refractivity contribution >= 4 is 5.97 Å². The molecular formula is C12H26O5. The molecule has 0 aromatic rings. The molecule has 0 bridgehead atoms. The molecule has 0 aromatic carbocycles. The highest BCUT2D eigenvalue weighted by Crippen LogP contribution is 1.97. The van der Waals surface area contributed by atoms with Crippen LogP contribution in [0.3, 0.4) is 0 Å². The number of aliphatic carboxylic acids is 1. The predicted octanol–water partition coefficient (Wildman–Crippen LogP) is 1.42. The number of carboxylic acids is 1. The maximum atomic E-state index is 9.87. The molecule has 2 atom stereocenters. The molecule has 17 heavy (non-hydrogen) atoms. The second-order valence-corrected chi connectivity index (χ2v) is 4.03. The first kappa shape index (κ1) is 18.7. The lowest BCUT2D eigenvalue weighted by Crippen LogP contribution is -2.19. The van der Waals surface area contributed by atoms with Gasteiger partial charge in [-0.1, -0.05) is 19.8 Å². The Morgan fingerprint density at radius 2 is 1.88 bits per heavy atom. The smallest absolute Gasteiger partial charge is 0.303 e. The molecule has 0 aliphatic carbocycles. The summed E-state index contributed by atoms with van der Waals surface area (Å²) in [5.74, 6) is -0.682. The van der Waals surface area contributed by atoms with Gasteiger partial charge in [-0.25, -0.2) is 0 Å². The van der Waals surface area contributed by atoms with Crippen molar-refractivity contribution in [3.05, 3.63) is 0 Å². The standard InChI is InChI=1S/C6H14O3.C6H12O2/c1-5(8)4-9-6(2)3-7;1-2-3-4-5-6(7)8/h5-8H,3-4H2,1-2H3;2-5H2,1H3,(H,7,8). The Morgan fingerprint density at radius 3 is 2.24 bits per heavy atom. The summed E-state index contributed by atoms with van der Waals surface area (Å²) in [7, 11) is 0. The maximum absolute atomic E-state index is 9.87. The van der Waals surface area contributed by atoms with E-state index in [2.05, 4.69) is 6.92 Å². The molecule has 0 aliphatic rings. The summed E-state index contributed by atoms with van der Waals surface area (Å²) in [5, 5.41) is 25.3. The van der Waals surface area contributed by atoms with Gasteiger partial charge >= 0.3 is 5.97 Å². The molecule has 3 N–H and O–H groups in total. The first-order valence-corrected chi connectivity index (χ1v) is 6.06. The monoisotopic (exact) mass is 250 g/mol. The highest BCUT2D eigenvalue weighted by Gasteiger charge is 2.00. The fourth-order valence-corrected chi connectivity index (χ4v) is 0.882. The van der Waals surface area contributed by atoms with E-state index in [0.29, 0.717) is 13.0 Å². The van der Waals surface area contributed by atoms with Crippen molar-refractivity contribution in [2.24, 2.45) is 0 Å². The molecule has 104 valence electrons. The number of rotatable bonds is 8. The Labute approximate surface area is 103 Å². The highest BCUT2D eigenvalue weighted by atomic mass is 16.5. The van der Waals surface area contributed by atoms with E-state index in [0.717, 1.165) is 19.3 Å². The van der Waals surface area contributed by atoms with Gasteiger partial charge < -0.3 is 20.1 Å². The zero-order chi connectivity index (χ0) is 13.7. The average Bonchev–Trinajstić information content (AvgIpc) is 2.26. The number of hydrogen-bond donors (Lipinski definition) is 3. The van der Waals surface area contributed by atoms with Crippen LogP contribution in [0.25, 0.3) is 0 Å². The van der Waals surface area contributed by atoms with E-state index in [-0.39, 0.29) is 12.7 Å². The third-order valence-electron chi connectivity index (χ3n) is 1.87. The summed E-state index contributed by atoms with van der Waals surface area (Å²) in [4.78, 5) is 9.87. The van der Waals surface area contributed by atoms with Crippen LogP contribution in [0.4, 0.5) is 0 Å². The zero-order valence-electron chi connectivity index (χ0n) is 11.1. The first-order valence-electron chi connectivity index (χ1n) is 6.06. The number of ether oxygens (including phenoxy) is 1. The van der Waals surface area contributed by atoms with Gasteiger partial charge in [0.1, 0.15) is 0 Å². The van der Waals surface area contributed by atoms with Crippen molar-refractivity contribution in [3.63, 3.8) is 0 Å². The van der Waals surface area contributed by atoms with Crippen LogP contribution in [-0.4, -0.2) is 46.7 Å². The lowest BCUT2D eigenvalue weighted by Gasteiger charge is -2.10. The highest BCUT2D eigenvalue weighted by molar-refractivity contribution is 5.66. The molecule has 0 heterocycles. The van der Waals surface area contributed by atoms with E-state index in [1.807, 2.05) is 0 Å². The summed E-state index contributed by atoms with van der Waals surface area (Å²) in [5.41, 5.74) is 0. The van der Waals surface area contributed by atoms with E-state index < -0.39 is 12.1 Å². The van der Waals surface area contributed by atoms with Crippen LogP contribution < -0.4 is 0 Å². The van der Waals surface area contributed by atoms with Crippen LogP contribution in [0, 0.1) is 0 Å². The topological polar surface area (TPSA) is 87.0 Å². The molecule has 5 nitrogen and oxygen atoms in total. The lowest BCUT2D eigenvalue weighted by molar-refractivity contribution is -0.137. The average molecular weight is 250 g/mol. The molecule has 0 saturated heterocycles. The van der Waals surface area contributed by atoms with Crippen molar-refractivity contribution in [2.45, 2.75) is 58.7 Å². The van der Waals surface area contributed by atoms with Gasteiger partial charge in [0.15, 0.2) is 0 Å². The molecule has 0 spiro atoms. The molecule has 0 radical (unpaired) electrons. The summed E-state index contributed by atoms with van der Waals surface area (Å²) in [6, 6.07) is 0. The van der Waals surface area contributed by atoms with Gasteiger partial charge in [-0.15, -0.1) is 0 Å². The Hall–Kier alpha value is -0.650. The van der Waals surface area contributed by atoms with Crippen molar-refractivity contribution in [3.8, 4) is 0 Å². The van der Waals surface area contributed by atoms with Crippen LogP contribution in [0.5, 0.6) is 0 Å². The van der Waals surface area contributed by atoms with Crippen LogP contribution in [-0.2, 0) is 9.53 Å². The number of carbonyl (C=O) groups is 1. The van der Waals surface area contributed by atoms with Gasteiger partial charge in [-0.2, -0.15) is 0 Å². The third kappa shape index (κ3) is 21.2. The second kappa shape index (κ2) is 13.4. The minimum atomic E-state index is -0.682. The summed E-state index contributed by atoms with van der Waals surface area (Å²) in [6.07, 6.45) is 2.66. The minimum Gasteiger partial charge on any atom is -0.481 e. The van der Waals surface area contributed by atoms with Crippen LogP contribution in [0.1, 0.15) is 46.5 Å². The Morgan fingerprint density at radius 1 is 1.29 bits per heavy atom. The van der Waals surface area contributed by atoms with E-state index in [9.17, 15) is 4.79 Å². The van der Waals surface area contributed by atoms with Crippen molar-refractivity contribution in [1.82, 2.24) is 0 Å². The first-order chi connectivity index (χ1) is 7.93. The third-order valence-corrected chi connectivity index (χ3v) is 1.87. The van der Waals surface area contributed by atoms with Gasteiger partial charge in [-0.3, -0.25) is 4.79 Å². The molecular weight excluding hydrogens is 224 g/mol. The molecule has 0 fully saturated rings.